The van der Waals surface area contributed by atoms with Gasteiger partial charge in [0, 0.05) is 12.2 Å². The number of halogens is 5. The van der Waals surface area contributed by atoms with Crippen molar-refractivity contribution in [1.82, 2.24) is 9.29 Å². The lowest BCUT2D eigenvalue weighted by atomic mass is 10.2. The van der Waals surface area contributed by atoms with Crippen molar-refractivity contribution in [2.24, 2.45) is 0 Å². The van der Waals surface area contributed by atoms with Crippen LogP contribution in [0.2, 0.25) is 5.02 Å². The number of nitrogens with one attached hydrogen (secondary N) is 2. The topological polar surface area (TPSA) is 104 Å². The molecule has 0 bridgehead atoms. The first kappa shape index (κ1) is 22.8. The minimum Gasteiger partial charge on any atom is -0.331 e. The molecule has 1 aromatic heterocycles. The molecule has 0 spiro atoms. The summed E-state index contributed by atoms with van der Waals surface area (Å²) in [5.74, 6) is -1.69. The molecule has 0 saturated heterocycles. The molecule has 1 aliphatic heterocycles. The first-order chi connectivity index (χ1) is 14.4. The molecule has 1 atom stereocenters. The number of nitrogens with zero attached hydrogens (tertiary/aromatic N) is 2. The number of sulfonamides is 1. The molecule has 2 N–H and O–H groups in total. The van der Waals surface area contributed by atoms with Gasteiger partial charge in [0.2, 0.25) is 10.0 Å². The van der Waals surface area contributed by atoms with Gasteiger partial charge < -0.3 is 9.88 Å². The minimum atomic E-state index is -4.83. The van der Waals surface area contributed by atoms with Gasteiger partial charge in [0.05, 0.1) is 16.3 Å². The molecule has 0 saturated carbocycles. The molecule has 1 aliphatic rings. The Morgan fingerprint density at radius 2 is 2.03 bits per heavy atom. The Morgan fingerprint density at radius 1 is 1.35 bits per heavy atom. The van der Waals surface area contributed by atoms with Crippen LogP contribution in [0, 0.1) is 17.1 Å². The number of fused-ring (bicyclic) bond motifs is 1. The third-order valence-corrected chi connectivity index (χ3v) is 6.51. The van der Waals surface area contributed by atoms with E-state index in [9.17, 15) is 30.8 Å². The average Bonchev–Trinajstić information content (AvgIpc) is 3.21. The van der Waals surface area contributed by atoms with Crippen molar-refractivity contribution >= 4 is 39.3 Å². The molecule has 1 aromatic carbocycles. The second-order valence-corrected chi connectivity index (χ2v) is 8.56. The zero-order valence-corrected chi connectivity index (χ0v) is 17.2. The van der Waals surface area contributed by atoms with E-state index < -0.39 is 43.9 Å². The Labute approximate surface area is 179 Å². The Bertz CT molecular complexity index is 1250. The third-order valence-electron chi connectivity index (χ3n) is 4.42. The highest BCUT2D eigenvalue weighted by atomic mass is 35.5. The number of alkyl halides is 3. The minimum absolute atomic E-state index is 0.0359. The lowest BCUT2D eigenvalue weighted by Gasteiger charge is -2.17. The molecule has 13 heteroatoms. The zero-order chi connectivity index (χ0) is 23.1. The van der Waals surface area contributed by atoms with E-state index >= 15 is 0 Å². The van der Waals surface area contributed by atoms with E-state index in [2.05, 4.69) is 5.32 Å². The highest BCUT2D eigenvalue weighted by Crippen LogP contribution is 2.36. The van der Waals surface area contributed by atoms with Gasteiger partial charge in [0.1, 0.15) is 28.5 Å². The normalized spacial score (nSPS) is 14.2. The van der Waals surface area contributed by atoms with Gasteiger partial charge in [-0.3, -0.25) is 4.79 Å². The molecular weight excluding hydrogens is 464 g/mol. The summed E-state index contributed by atoms with van der Waals surface area (Å²) in [5.41, 5.74) is -0.674. The number of hydrogen-bond acceptors (Lipinski definition) is 4. The highest BCUT2D eigenvalue weighted by Gasteiger charge is 2.41. The average molecular weight is 477 g/mol. The fourth-order valence-corrected chi connectivity index (χ4v) is 5.01. The molecule has 3 rings (SSSR count). The van der Waals surface area contributed by atoms with Gasteiger partial charge in [-0.15, -0.1) is 0 Å². The summed E-state index contributed by atoms with van der Waals surface area (Å²) in [6.07, 6.45) is -2.01. The lowest BCUT2D eigenvalue weighted by molar-refractivity contribution is -0.147. The van der Waals surface area contributed by atoms with Crippen molar-refractivity contribution in [2.45, 2.75) is 30.6 Å². The monoisotopic (exact) mass is 476 g/mol. The number of aromatic nitrogens is 1. The van der Waals surface area contributed by atoms with Crippen LogP contribution in [-0.2, 0) is 16.6 Å². The molecule has 7 nitrogen and oxygen atoms in total. The quantitative estimate of drug-likeness (QED) is 0.643. The fourth-order valence-electron chi connectivity index (χ4n) is 2.92. The van der Waals surface area contributed by atoms with Crippen LogP contribution in [0.1, 0.15) is 28.7 Å². The molecule has 31 heavy (non-hydrogen) atoms. The number of amides is 1. The maximum Gasteiger partial charge on any atom is 0.404 e. The molecule has 164 valence electrons. The Balaban J connectivity index is 2.01. The van der Waals surface area contributed by atoms with Crippen molar-refractivity contribution in [2.75, 3.05) is 5.32 Å². The standard InChI is InChI=1S/C18H13ClF4N4O3S/c1-9(18(21,22)23)26-31(29,30)16-13-3-2-6-27(13)15(14(16)19)17(28)25-11-4-5-12(20)10(7-11)8-24/h2-5,7,9,26H,6H2,1H3,(H,25,28). The van der Waals surface area contributed by atoms with Crippen molar-refractivity contribution in [3.05, 3.63) is 52.1 Å². The molecule has 1 amide bonds. The smallest absolute Gasteiger partial charge is 0.331 e. The highest BCUT2D eigenvalue weighted by molar-refractivity contribution is 7.89. The summed E-state index contributed by atoms with van der Waals surface area (Å²) in [5, 5.41) is 10.7. The Hall–Kier alpha value is -2.88. The van der Waals surface area contributed by atoms with Crippen molar-refractivity contribution < 1.29 is 30.8 Å². The summed E-state index contributed by atoms with van der Waals surface area (Å²) in [7, 11) is -4.75. The Morgan fingerprint density at radius 3 is 2.65 bits per heavy atom. The molecule has 2 heterocycles. The first-order valence-corrected chi connectivity index (χ1v) is 10.4. The number of carbonyl (C=O) groups is 1. The van der Waals surface area contributed by atoms with E-state index in [4.69, 9.17) is 16.9 Å². The van der Waals surface area contributed by atoms with E-state index in [1.807, 2.05) is 0 Å². The second-order valence-electron chi connectivity index (χ2n) is 6.54. The van der Waals surface area contributed by atoms with Gasteiger partial charge in [0.25, 0.3) is 5.91 Å². The summed E-state index contributed by atoms with van der Waals surface area (Å²) < 4.78 is 80.0. The number of benzene rings is 1. The number of hydrogen-bond donors (Lipinski definition) is 2. The molecule has 0 fully saturated rings. The molecular formula is C18H13ClF4N4O3S. The summed E-state index contributed by atoms with van der Waals surface area (Å²) in [6.45, 7) is 0.682. The zero-order valence-electron chi connectivity index (χ0n) is 15.6. The van der Waals surface area contributed by atoms with Crippen molar-refractivity contribution in [3.8, 4) is 6.07 Å². The largest absolute Gasteiger partial charge is 0.404 e. The predicted octanol–water partition coefficient (Wildman–Crippen LogP) is 3.66. The van der Waals surface area contributed by atoms with E-state index in [0.717, 1.165) is 12.1 Å². The number of allylic oxidation sites excluding steroid dienone is 1. The van der Waals surface area contributed by atoms with Gasteiger partial charge in [-0.2, -0.15) is 23.2 Å². The second kappa shape index (κ2) is 7.99. The number of rotatable bonds is 5. The SMILES string of the molecule is CC(NS(=O)(=O)c1c(Cl)c(C(=O)Nc2ccc(F)c(C#N)c2)n2c1C=CC2)C(F)(F)F. The van der Waals surface area contributed by atoms with Gasteiger partial charge in [-0.05, 0) is 31.2 Å². The Kier molecular flexibility index (Phi) is 5.88. The van der Waals surface area contributed by atoms with E-state index in [-0.39, 0.29) is 29.2 Å². The van der Waals surface area contributed by atoms with Crippen molar-refractivity contribution in [3.63, 3.8) is 0 Å². The summed E-state index contributed by atoms with van der Waals surface area (Å²) >= 11 is 6.15. The molecule has 0 aliphatic carbocycles. The van der Waals surface area contributed by atoms with E-state index in [0.29, 0.717) is 6.92 Å². The molecule has 1 unspecified atom stereocenters. The lowest BCUT2D eigenvalue weighted by Crippen LogP contribution is -2.43. The van der Waals surface area contributed by atoms with Gasteiger partial charge in [0.15, 0.2) is 0 Å². The van der Waals surface area contributed by atoms with Crippen LogP contribution >= 0.6 is 11.6 Å². The van der Waals surface area contributed by atoms with Crippen LogP contribution in [-0.4, -0.2) is 31.1 Å². The van der Waals surface area contributed by atoms with Gasteiger partial charge >= 0.3 is 6.18 Å². The molecule has 2 aromatic rings. The summed E-state index contributed by atoms with van der Waals surface area (Å²) in [4.78, 5) is 12.1. The van der Waals surface area contributed by atoms with Crippen LogP contribution in [0.4, 0.5) is 23.2 Å². The van der Waals surface area contributed by atoms with Crippen LogP contribution in [0.25, 0.3) is 6.08 Å². The fraction of sp³-hybridized carbons (Fsp3) is 0.222. The maximum atomic E-state index is 13.5. The number of carbonyl (C=O) groups excluding carboxylic acids is 1. The third kappa shape index (κ3) is 4.30. The predicted molar refractivity (Wildman–Crippen MR) is 103 cm³/mol. The van der Waals surface area contributed by atoms with Crippen molar-refractivity contribution in [1.29, 1.82) is 5.26 Å². The molecule has 0 radical (unpaired) electrons. The van der Waals surface area contributed by atoms with Crippen LogP contribution in [0.15, 0.2) is 29.2 Å². The summed E-state index contributed by atoms with van der Waals surface area (Å²) in [6, 6.07) is 2.42. The maximum absolute atomic E-state index is 13.5. The number of nitriles is 1. The van der Waals surface area contributed by atoms with Crippen LogP contribution in [0.3, 0.4) is 0 Å². The van der Waals surface area contributed by atoms with Crippen LogP contribution in [0.5, 0.6) is 0 Å². The van der Waals surface area contributed by atoms with Gasteiger partial charge in [-0.1, -0.05) is 17.7 Å². The first-order valence-electron chi connectivity index (χ1n) is 8.55. The number of anilines is 1. The van der Waals surface area contributed by atoms with E-state index in [1.54, 1.807) is 6.07 Å². The van der Waals surface area contributed by atoms with Gasteiger partial charge in [-0.25, -0.2) is 12.8 Å². The van der Waals surface area contributed by atoms with Crippen LogP contribution < -0.4 is 10.0 Å². The van der Waals surface area contributed by atoms with E-state index in [1.165, 1.54) is 27.5 Å².